The first-order valence-corrected chi connectivity index (χ1v) is 17.5. The summed E-state index contributed by atoms with van der Waals surface area (Å²) in [5, 5.41) is 7.58. The van der Waals surface area contributed by atoms with Crippen LogP contribution in [0.4, 0.5) is 17.1 Å². The fourth-order valence-corrected chi connectivity index (χ4v) is 8.59. The van der Waals surface area contributed by atoms with Crippen molar-refractivity contribution in [3.8, 4) is 16.8 Å². The van der Waals surface area contributed by atoms with Crippen LogP contribution in [-0.4, -0.2) is 4.57 Å². The Morgan fingerprint density at radius 3 is 2.04 bits per heavy atom. The van der Waals surface area contributed by atoms with E-state index in [1.54, 1.807) is 0 Å². The monoisotopic (exact) mass is 642 g/mol. The zero-order valence-corrected chi connectivity index (χ0v) is 27.4. The number of hydrogen-bond donors (Lipinski definition) is 0. The van der Waals surface area contributed by atoms with Crippen LogP contribution < -0.4 is 4.90 Å². The van der Waals surface area contributed by atoms with Crippen LogP contribution in [0.1, 0.15) is 0 Å². The Morgan fingerprint density at radius 1 is 0.408 bits per heavy atom. The molecule has 3 heteroatoms. The zero-order chi connectivity index (χ0) is 32.3. The highest BCUT2D eigenvalue weighted by Gasteiger charge is 2.19. The van der Waals surface area contributed by atoms with Crippen molar-refractivity contribution in [2.24, 2.45) is 0 Å². The maximum atomic E-state index is 2.43. The Bertz CT molecular complexity index is 2840. The Kier molecular flexibility index (Phi) is 6.39. The molecule has 49 heavy (non-hydrogen) atoms. The molecular formula is C46H30N2S. The lowest BCUT2D eigenvalue weighted by atomic mass is 9.99. The summed E-state index contributed by atoms with van der Waals surface area (Å²) in [6, 6.07) is 66.2. The molecule has 0 bridgehead atoms. The van der Waals surface area contributed by atoms with Crippen LogP contribution in [0, 0.1) is 0 Å². The molecule has 0 amide bonds. The highest BCUT2D eigenvalue weighted by molar-refractivity contribution is 7.25. The third kappa shape index (κ3) is 4.55. The molecule has 0 aliphatic heterocycles. The third-order valence-corrected chi connectivity index (χ3v) is 10.9. The van der Waals surface area contributed by atoms with Crippen LogP contribution in [0.5, 0.6) is 0 Å². The van der Waals surface area contributed by atoms with Crippen LogP contribution in [0.15, 0.2) is 182 Å². The number of benzene rings is 8. The highest BCUT2D eigenvalue weighted by atomic mass is 32.1. The second-order valence-corrected chi connectivity index (χ2v) is 13.7. The van der Waals surface area contributed by atoms with Gasteiger partial charge in [0.05, 0.1) is 16.7 Å². The van der Waals surface area contributed by atoms with Gasteiger partial charge in [-0.15, -0.1) is 11.3 Å². The van der Waals surface area contributed by atoms with E-state index in [1.807, 2.05) is 11.3 Å². The molecule has 0 saturated heterocycles. The van der Waals surface area contributed by atoms with Crippen molar-refractivity contribution in [1.29, 1.82) is 0 Å². The summed E-state index contributed by atoms with van der Waals surface area (Å²) in [4.78, 5) is 2.38. The predicted molar refractivity (Wildman–Crippen MR) is 211 cm³/mol. The molecule has 0 N–H and O–H groups in total. The van der Waals surface area contributed by atoms with Gasteiger partial charge >= 0.3 is 0 Å². The van der Waals surface area contributed by atoms with E-state index >= 15 is 0 Å². The number of fused-ring (bicyclic) bond motifs is 7. The third-order valence-electron chi connectivity index (χ3n) is 9.75. The van der Waals surface area contributed by atoms with Crippen molar-refractivity contribution in [3.05, 3.63) is 182 Å². The molecule has 0 unspecified atom stereocenters. The normalized spacial score (nSPS) is 11.7. The summed E-state index contributed by atoms with van der Waals surface area (Å²) in [5.41, 5.74) is 9.37. The standard InChI is InChI=1S/C46H30N2S/c1-2-14-34(15-3-1)47(35-24-22-31-12-4-5-13-32(31)28-35)42-19-9-6-16-37(42)33-23-26-44-40(29-33)38-17-7-10-20-43(38)48(44)36-25-27-46-41(30-36)39-18-8-11-21-45(39)49-46/h1-30H. The van der Waals surface area contributed by atoms with Gasteiger partial charge in [-0.05, 0) is 89.1 Å². The quantitative estimate of drug-likeness (QED) is 0.181. The smallest absolute Gasteiger partial charge is 0.0541 e. The molecule has 0 spiro atoms. The molecule has 8 aromatic carbocycles. The molecule has 10 rings (SSSR count). The number of thiophene rings is 1. The van der Waals surface area contributed by atoms with Gasteiger partial charge in [-0.3, -0.25) is 0 Å². The summed E-state index contributed by atoms with van der Waals surface area (Å²) in [6.07, 6.45) is 0. The van der Waals surface area contributed by atoms with Crippen molar-refractivity contribution in [2.75, 3.05) is 4.90 Å². The number of para-hydroxylation sites is 3. The van der Waals surface area contributed by atoms with Crippen LogP contribution >= 0.6 is 11.3 Å². The first kappa shape index (κ1) is 27.9. The van der Waals surface area contributed by atoms with Gasteiger partial charge in [0.15, 0.2) is 0 Å². The van der Waals surface area contributed by atoms with E-state index in [-0.39, 0.29) is 0 Å². The minimum absolute atomic E-state index is 1.12. The largest absolute Gasteiger partial charge is 0.310 e. The number of anilines is 3. The van der Waals surface area contributed by atoms with E-state index < -0.39 is 0 Å². The van der Waals surface area contributed by atoms with E-state index in [0.29, 0.717) is 0 Å². The van der Waals surface area contributed by atoms with Crippen LogP contribution in [0.2, 0.25) is 0 Å². The van der Waals surface area contributed by atoms with E-state index in [9.17, 15) is 0 Å². The SMILES string of the molecule is c1ccc(N(c2ccc3ccccc3c2)c2ccccc2-c2ccc3c(c2)c2ccccc2n3-c2ccc3sc4ccccc4c3c2)cc1. The van der Waals surface area contributed by atoms with E-state index in [2.05, 4.69) is 191 Å². The van der Waals surface area contributed by atoms with Crippen molar-refractivity contribution in [2.45, 2.75) is 0 Å². The molecule has 2 aromatic heterocycles. The van der Waals surface area contributed by atoms with Crippen LogP contribution in [0.3, 0.4) is 0 Å². The number of rotatable bonds is 5. The molecule has 2 heterocycles. The van der Waals surface area contributed by atoms with Crippen molar-refractivity contribution < 1.29 is 0 Å². The Labute approximate surface area is 288 Å². The minimum atomic E-state index is 1.12. The first-order chi connectivity index (χ1) is 24.3. The minimum Gasteiger partial charge on any atom is -0.310 e. The van der Waals surface area contributed by atoms with Gasteiger partial charge in [0.1, 0.15) is 0 Å². The summed E-state index contributed by atoms with van der Waals surface area (Å²) in [6.45, 7) is 0. The van der Waals surface area contributed by atoms with Gasteiger partial charge in [-0.25, -0.2) is 0 Å². The molecule has 230 valence electrons. The molecule has 0 aliphatic carbocycles. The fraction of sp³-hybridized carbons (Fsp3) is 0. The lowest BCUT2D eigenvalue weighted by Crippen LogP contribution is -2.11. The lowest BCUT2D eigenvalue weighted by Gasteiger charge is -2.28. The predicted octanol–water partition coefficient (Wildman–Crippen LogP) is 13.4. The van der Waals surface area contributed by atoms with Gasteiger partial charge in [-0.1, -0.05) is 109 Å². The topological polar surface area (TPSA) is 8.17 Å². The van der Waals surface area contributed by atoms with Crippen molar-refractivity contribution in [1.82, 2.24) is 4.57 Å². The second kappa shape index (κ2) is 11.2. The number of nitrogens with zero attached hydrogens (tertiary/aromatic N) is 2. The zero-order valence-electron chi connectivity index (χ0n) is 26.6. The number of aromatic nitrogens is 1. The van der Waals surface area contributed by atoms with E-state index in [4.69, 9.17) is 0 Å². The molecule has 0 fully saturated rings. The van der Waals surface area contributed by atoms with Gasteiger partial charge in [0, 0.05) is 53.6 Å². The number of hydrogen-bond acceptors (Lipinski definition) is 2. The lowest BCUT2D eigenvalue weighted by molar-refractivity contribution is 1.19. The van der Waals surface area contributed by atoms with Crippen LogP contribution in [-0.2, 0) is 0 Å². The maximum absolute atomic E-state index is 2.43. The summed E-state index contributed by atoms with van der Waals surface area (Å²) in [7, 11) is 0. The summed E-state index contributed by atoms with van der Waals surface area (Å²) in [5.74, 6) is 0. The fourth-order valence-electron chi connectivity index (χ4n) is 7.50. The van der Waals surface area contributed by atoms with Crippen LogP contribution in [0.25, 0.3) is 69.6 Å². The van der Waals surface area contributed by atoms with E-state index in [0.717, 1.165) is 17.1 Å². The molecule has 2 nitrogen and oxygen atoms in total. The Hall–Kier alpha value is -6.16. The summed E-state index contributed by atoms with van der Waals surface area (Å²) < 4.78 is 5.07. The Balaban J connectivity index is 1.17. The molecule has 0 radical (unpaired) electrons. The average Bonchev–Trinajstić information content (AvgIpc) is 3.70. The van der Waals surface area contributed by atoms with Gasteiger partial charge in [0.25, 0.3) is 0 Å². The van der Waals surface area contributed by atoms with Crippen molar-refractivity contribution >= 4 is 81.1 Å². The maximum Gasteiger partial charge on any atom is 0.0541 e. The first-order valence-electron chi connectivity index (χ1n) is 16.7. The second-order valence-electron chi connectivity index (χ2n) is 12.6. The molecule has 10 aromatic rings. The summed E-state index contributed by atoms with van der Waals surface area (Å²) >= 11 is 1.86. The molecule has 0 aliphatic rings. The average molecular weight is 643 g/mol. The highest BCUT2D eigenvalue weighted by Crippen LogP contribution is 2.43. The Morgan fingerprint density at radius 2 is 1.12 bits per heavy atom. The van der Waals surface area contributed by atoms with Gasteiger partial charge in [-0.2, -0.15) is 0 Å². The van der Waals surface area contributed by atoms with Gasteiger partial charge < -0.3 is 9.47 Å². The van der Waals surface area contributed by atoms with Gasteiger partial charge in [0.2, 0.25) is 0 Å². The van der Waals surface area contributed by atoms with Crippen molar-refractivity contribution in [3.63, 3.8) is 0 Å². The van der Waals surface area contributed by atoms with E-state index in [1.165, 1.54) is 69.6 Å². The molecule has 0 saturated carbocycles. The molecule has 0 atom stereocenters. The molecular weight excluding hydrogens is 613 g/mol.